The monoisotopic (exact) mass is 245 g/mol. The smallest absolute Gasteiger partial charge is 0.0950 e. The molecule has 18 heavy (non-hydrogen) atoms. The first-order valence-electron chi connectivity index (χ1n) is 6.35. The minimum absolute atomic E-state index is 0.281. The molecule has 0 bridgehead atoms. The highest BCUT2D eigenvalue weighted by Gasteiger charge is 2.06. The molecule has 0 atom stereocenters. The Morgan fingerprint density at radius 3 is 2.83 bits per heavy atom. The van der Waals surface area contributed by atoms with Gasteiger partial charge in [-0.15, -0.1) is 0 Å². The van der Waals surface area contributed by atoms with Crippen molar-refractivity contribution in [2.45, 2.75) is 19.3 Å². The minimum Gasteiger partial charge on any atom is -0.396 e. The molecule has 0 aliphatic rings. The molecule has 0 saturated carbocycles. The van der Waals surface area contributed by atoms with E-state index in [0.717, 1.165) is 42.4 Å². The van der Waals surface area contributed by atoms with E-state index in [1.165, 1.54) is 0 Å². The third-order valence-electron chi connectivity index (χ3n) is 3.09. The zero-order valence-electron chi connectivity index (χ0n) is 10.7. The van der Waals surface area contributed by atoms with Crippen molar-refractivity contribution >= 4 is 16.6 Å². The number of nitrogens with zero attached hydrogens (tertiary/aromatic N) is 3. The second-order valence-corrected chi connectivity index (χ2v) is 4.45. The standard InChI is InChI=1S/C14H19N3O/c1-17(9-5-2-6-10-18)14-11-15-16-13-8-4-3-7-12(13)14/h3-4,7-8,11,18H,2,5-6,9-10H2,1H3. The van der Waals surface area contributed by atoms with Crippen molar-refractivity contribution in [1.29, 1.82) is 0 Å². The fourth-order valence-corrected chi connectivity index (χ4v) is 2.05. The van der Waals surface area contributed by atoms with Gasteiger partial charge in [0.1, 0.15) is 0 Å². The molecule has 2 aromatic rings. The lowest BCUT2D eigenvalue weighted by molar-refractivity contribution is 0.283. The van der Waals surface area contributed by atoms with Crippen LogP contribution >= 0.6 is 0 Å². The predicted molar refractivity (Wildman–Crippen MR) is 73.7 cm³/mol. The molecule has 2 rings (SSSR count). The van der Waals surface area contributed by atoms with Crippen LogP contribution in [0.5, 0.6) is 0 Å². The Balaban J connectivity index is 2.10. The Labute approximate surface area is 107 Å². The Morgan fingerprint density at radius 1 is 1.17 bits per heavy atom. The maximum absolute atomic E-state index is 8.76. The molecule has 0 aliphatic heterocycles. The second kappa shape index (κ2) is 6.31. The average Bonchev–Trinajstić information content (AvgIpc) is 2.43. The summed E-state index contributed by atoms with van der Waals surface area (Å²) in [7, 11) is 2.07. The summed E-state index contributed by atoms with van der Waals surface area (Å²) in [5, 5.41) is 18.1. The van der Waals surface area contributed by atoms with Crippen LogP contribution in [0, 0.1) is 0 Å². The summed E-state index contributed by atoms with van der Waals surface area (Å²) < 4.78 is 0. The number of hydrogen-bond acceptors (Lipinski definition) is 4. The van der Waals surface area contributed by atoms with Crippen LogP contribution in [0.25, 0.3) is 10.9 Å². The van der Waals surface area contributed by atoms with Gasteiger partial charge in [-0.2, -0.15) is 10.2 Å². The maximum atomic E-state index is 8.76. The van der Waals surface area contributed by atoms with Crippen molar-refractivity contribution in [2.24, 2.45) is 0 Å². The van der Waals surface area contributed by atoms with Gasteiger partial charge in [0.2, 0.25) is 0 Å². The van der Waals surface area contributed by atoms with Gasteiger partial charge < -0.3 is 10.0 Å². The largest absolute Gasteiger partial charge is 0.396 e. The summed E-state index contributed by atoms with van der Waals surface area (Å²) in [5.74, 6) is 0. The van der Waals surface area contributed by atoms with Crippen molar-refractivity contribution in [1.82, 2.24) is 10.2 Å². The molecule has 0 saturated heterocycles. The number of fused-ring (bicyclic) bond motifs is 1. The first-order chi connectivity index (χ1) is 8.83. The average molecular weight is 245 g/mol. The van der Waals surface area contributed by atoms with Crippen LogP contribution in [0.2, 0.25) is 0 Å². The van der Waals surface area contributed by atoms with Crippen molar-refractivity contribution in [3.05, 3.63) is 30.5 Å². The number of benzene rings is 1. The summed E-state index contributed by atoms with van der Waals surface area (Å²) in [6, 6.07) is 8.05. The molecule has 0 radical (unpaired) electrons. The van der Waals surface area contributed by atoms with Gasteiger partial charge in [0.15, 0.2) is 0 Å². The lowest BCUT2D eigenvalue weighted by Crippen LogP contribution is -2.19. The van der Waals surface area contributed by atoms with Crippen LogP contribution in [0.3, 0.4) is 0 Å². The molecule has 0 amide bonds. The SMILES string of the molecule is CN(CCCCCO)c1cnnc2ccccc12. The second-order valence-electron chi connectivity index (χ2n) is 4.45. The molecular weight excluding hydrogens is 226 g/mol. The molecule has 0 spiro atoms. The van der Waals surface area contributed by atoms with Crippen LogP contribution < -0.4 is 4.90 Å². The van der Waals surface area contributed by atoms with Gasteiger partial charge in [-0.05, 0) is 25.3 Å². The van der Waals surface area contributed by atoms with Gasteiger partial charge in [0, 0.05) is 25.6 Å². The highest BCUT2D eigenvalue weighted by atomic mass is 16.2. The molecule has 1 N–H and O–H groups in total. The van der Waals surface area contributed by atoms with E-state index in [4.69, 9.17) is 5.11 Å². The van der Waals surface area contributed by atoms with E-state index in [1.54, 1.807) is 0 Å². The van der Waals surface area contributed by atoms with E-state index in [1.807, 2.05) is 24.4 Å². The first kappa shape index (κ1) is 12.8. The van der Waals surface area contributed by atoms with E-state index in [-0.39, 0.29) is 6.61 Å². The molecule has 0 fully saturated rings. The molecule has 1 aromatic heterocycles. The normalized spacial score (nSPS) is 10.8. The lowest BCUT2D eigenvalue weighted by atomic mass is 10.2. The van der Waals surface area contributed by atoms with Crippen molar-refractivity contribution < 1.29 is 5.11 Å². The Kier molecular flexibility index (Phi) is 4.47. The summed E-state index contributed by atoms with van der Waals surface area (Å²) in [6.07, 6.45) is 4.82. The molecule has 1 heterocycles. The molecular formula is C14H19N3O. The Morgan fingerprint density at radius 2 is 2.00 bits per heavy atom. The predicted octanol–water partition coefficient (Wildman–Crippen LogP) is 2.23. The van der Waals surface area contributed by atoms with Crippen molar-refractivity contribution in [3.8, 4) is 0 Å². The number of aliphatic hydroxyl groups is 1. The van der Waals surface area contributed by atoms with Gasteiger partial charge in [0.05, 0.1) is 17.4 Å². The van der Waals surface area contributed by atoms with Crippen LogP contribution in [0.4, 0.5) is 5.69 Å². The molecule has 4 heteroatoms. The number of aliphatic hydroxyl groups excluding tert-OH is 1. The van der Waals surface area contributed by atoms with E-state index in [2.05, 4.69) is 28.2 Å². The molecule has 4 nitrogen and oxygen atoms in total. The van der Waals surface area contributed by atoms with Gasteiger partial charge in [-0.3, -0.25) is 0 Å². The van der Waals surface area contributed by atoms with Gasteiger partial charge >= 0.3 is 0 Å². The summed E-state index contributed by atoms with van der Waals surface area (Å²) in [4.78, 5) is 2.20. The van der Waals surface area contributed by atoms with E-state index < -0.39 is 0 Å². The van der Waals surface area contributed by atoms with Crippen LogP contribution in [0.1, 0.15) is 19.3 Å². The van der Waals surface area contributed by atoms with Crippen LogP contribution in [-0.4, -0.2) is 35.5 Å². The van der Waals surface area contributed by atoms with E-state index in [0.29, 0.717) is 0 Å². The molecule has 0 unspecified atom stereocenters. The lowest BCUT2D eigenvalue weighted by Gasteiger charge is -2.20. The molecule has 1 aromatic carbocycles. The summed E-state index contributed by atoms with van der Waals surface area (Å²) >= 11 is 0. The minimum atomic E-state index is 0.281. The number of rotatable bonds is 6. The Bertz CT molecular complexity index is 496. The number of hydrogen-bond donors (Lipinski definition) is 1. The fraction of sp³-hybridized carbons (Fsp3) is 0.429. The maximum Gasteiger partial charge on any atom is 0.0950 e. The number of unbranched alkanes of at least 4 members (excludes halogenated alkanes) is 2. The quantitative estimate of drug-likeness (QED) is 0.793. The number of anilines is 1. The zero-order valence-corrected chi connectivity index (χ0v) is 10.7. The van der Waals surface area contributed by atoms with Crippen LogP contribution in [0.15, 0.2) is 30.5 Å². The van der Waals surface area contributed by atoms with Gasteiger partial charge in [-0.1, -0.05) is 18.2 Å². The topological polar surface area (TPSA) is 49.2 Å². The molecule has 96 valence electrons. The third-order valence-corrected chi connectivity index (χ3v) is 3.09. The fourth-order valence-electron chi connectivity index (χ4n) is 2.05. The molecule has 0 aliphatic carbocycles. The van der Waals surface area contributed by atoms with Gasteiger partial charge in [-0.25, -0.2) is 0 Å². The highest BCUT2D eigenvalue weighted by molar-refractivity contribution is 5.90. The number of aromatic nitrogens is 2. The van der Waals surface area contributed by atoms with Crippen molar-refractivity contribution in [3.63, 3.8) is 0 Å². The van der Waals surface area contributed by atoms with Gasteiger partial charge in [0.25, 0.3) is 0 Å². The van der Waals surface area contributed by atoms with E-state index in [9.17, 15) is 0 Å². The first-order valence-corrected chi connectivity index (χ1v) is 6.35. The van der Waals surface area contributed by atoms with Crippen LogP contribution in [-0.2, 0) is 0 Å². The zero-order chi connectivity index (χ0) is 12.8. The third kappa shape index (κ3) is 2.96. The highest BCUT2D eigenvalue weighted by Crippen LogP contribution is 2.23. The summed E-state index contributed by atoms with van der Waals surface area (Å²) in [5.41, 5.74) is 2.04. The van der Waals surface area contributed by atoms with E-state index >= 15 is 0 Å². The Hall–Kier alpha value is -1.68. The summed E-state index contributed by atoms with van der Waals surface area (Å²) in [6.45, 7) is 1.25. The van der Waals surface area contributed by atoms with Crippen molar-refractivity contribution in [2.75, 3.05) is 25.1 Å².